The first-order valence-corrected chi connectivity index (χ1v) is 4.84. The quantitative estimate of drug-likeness (QED) is 0.589. The number of carbonyl (C=O) groups is 1. The Labute approximate surface area is 73.1 Å². The van der Waals surface area contributed by atoms with Crippen LogP contribution >= 0.6 is 11.6 Å². The molecule has 0 aromatic carbocycles. The van der Waals surface area contributed by atoms with Crippen molar-refractivity contribution >= 4 is 17.4 Å². The van der Waals surface area contributed by atoms with Gasteiger partial charge < -0.3 is 0 Å². The Bertz CT molecular complexity index is 136. The van der Waals surface area contributed by atoms with Crippen LogP contribution in [0.4, 0.5) is 0 Å². The lowest BCUT2D eigenvalue weighted by molar-refractivity contribution is -0.123. The highest BCUT2D eigenvalue weighted by Crippen LogP contribution is 2.28. The van der Waals surface area contributed by atoms with Gasteiger partial charge in [-0.3, -0.25) is 4.79 Å². The molecule has 64 valence electrons. The van der Waals surface area contributed by atoms with E-state index in [0.29, 0.717) is 23.5 Å². The smallest absolute Gasteiger partial charge is 0.135 e. The number of alkyl halides is 1. The fourth-order valence-electron chi connectivity index (χ4n) is 1.66. The molecule has 1 aliphatic rings. The molecule has 2 heteroatoms. The largest absolute Gasteiger partial charge is 0.299 e. The number of carbonyl (C=O) groups excluding carboxylic acids is 1. The molecule has 1 saturated carbocycles. The summed E-state index contributed by atoms with van der Waals surface area (Å²) in [6, 6.07) is 0. The highest BCUT2D eigenvalue weighted by molar-refractivity contribution is 6.20. The summed E-state index contributed by atoms with van der Waals surface area (Å²) >= 11 is 5.92. The van der Waals surface area contributed by atoms with Crippen molar-refractivity contribution in [2.45, 2.75) is 44.4 Å². The van der Waals surface area contributed by atoms with Crippen LogP contribution in [0.25, 0.3) is 0 Å². The lowest BCUT2D eigenvalue weighted by atomic mass is 9.85. The van der Waals surface area contributed by atoms with Crippen molar-refractivity contribution in [2.75, 3.05) is 0 Å². The first-order chi connectivity index (χ1) is 5.24. The van der Waals surface area contributed by atoms with Gasteiger partial charge in [-0.25, -0.2) is 0 Å². The maximum absolute atomic E-state index is 11.2. The maximum atomic E-state index is 11.2. The molecule has 1 aliphatic carbocycles. The summed E-state index contributed by atoms with van der Waals surface area (Å²) in [7, 11) is 0. The molecule has 1 nitrogen and oxygen atoms in total. The van der Waals surface area contributed by atoms with E-state index in [1.165, 1.54) is 0 Å². The zero-order valence-electron chi connectivity index (χ0n) is 6.98. The summed E-state index contributed by atoms with van der Waals surface area (Å²) in [5, 5.41) is 0.330. The molecule has 11 heavy (non-hydrogen) atoms. The van der Waals surface area contributed by atoms with Crippen molar-refractivity contribution in [3.63, 3.8) is 0 Å². The van der Waals surface area contributed by atoms with Gasteiger partial charge in [-0.05, 0) is 25.7 Å². The molecule has 0 spiro atoms. The summed E-state index contributed by atoms with van der Waals surface area (Å²) in [6.45, 7) is 1.94. The van der Waals surface area contributed by atoms with E-state index in [2.05, 4.69) is 0 Å². The number of hydrogen-bond donors (Lipinski definition) is 0. The van der Waals surface area contributed by atoms with Crippen LogP contribution in [0.2, 0.25) is 0 Å². The van der Waals surface area contributed by atoms with E-state index in [9.17, 15) is 4.79 Å². The van der Waals surface area contributed by atoms with Gasteiger partial charge >= 0.3 is 0 Å². The molecular formula is C9H15ClO. The maximum Gasteiger partial charge on any atom is 0.135 e. The van der Waals surface area contributed by atoms with Gasteiger partial charge in [0.15, 0.2) is 0 Å². The molecule has 1 fully saturated rings. The molecule has 0 aromatic heterocycles. The van der Waals surface area contributed by atoms with Gasteiger partial charge in [-0.15, -0.1) is 11.6 Å². The van der Waals surface area contributed by atoms with E-state index in [1.54, 1.807) is 0 Å². The van der Waals surface area contributed by atoms with Gasteiger partial charge in [0.25, 0.3) is 0 Å². The van der Waals surface area contributed by atoms with Crippen molar-refractivity contribution < 1.29 is 4.79 Å². The third kappa shape index (κ3) is 2.48. The third-order valence-electron chi connectivity index (χ3n) is 2.46. The van der Waals surface area contributed by atoms with E-state index in [1.807, 2.05) is 6.92 Å². The first kappa shape index (κ1) is 9.05. The average molecular weight is 175 g/mol. The van der Waals surface area contributed by atoms with Gasteiger partial charge in [0, 0.05) is 17.7 Å². The second kappa shape index (κ2) is 4.10. The van der Waals surface area contributed by atoms with E-state index < -0.39 is 0 Å². The minimum absolute atomic E-state index is 0.329. The van der Waals surface area contributed by atoms with Crippen LogP contribution in [0.15, 0.2) is 0 Å². The van der Waals surface area contributed by atoms with Crippen LogP contribution in [-0.2, 0) is 4.79 Å². The SMILES string of the molecule is CCC(=O)C1CCC(Cl)CC1. The molecule has 0 radical (unpaired) electrons. The summed E-state index contributed by atoms with van der Waals surface area (Å²) in [4.78, 5) is 11.2. The average Bonchev–Trinajstić information content (AvgIpc) is 2.05. The van der Waals surface area contributed by atoms with Crippen LogP contribution in [0.3, 0.4) is 0 Å². The second-order valence-corrected chi connectivity index (χ2v) is 3.89. The Kier molecular flexibility index (Phi) is 3.38. The van der Waals surface area contributed by atoms with Crippen molar-refractivity contribution in [3.8, 4) is 0 Å². The number of ketones is 1. The summed E-state index contributed by atoms with van der Waals surface area (Å²) in [5.74, 6) is 0.753. The van der Waals surface area contributed by atoms with Gasteiger partial charge in [-0.2, -0.15) is 0 Å². The number of rotatable bonds is 2. The van der Waals surface area contributed by atoms with Crippen molar-refractivity contribution in [3.05, 3.63) is 0 Å². The van der Waals surface area contributed by atoms with Gasteiger partial charge in [-0.1, -0.05) is 6.92 Å². The molecule has 0 bridgehead atoms. The molecule has 0 aliphatic heterocycles. The molecule has 0 N–H and O–H groups in total. The predicted octanol–water partition coefficient (Wildman–Crippen LogP) is 2.76. The normalized spacial score (nSPS) is 31.8. The molecule has 0 unspecified atom stereocenters. The van der Waals surface area contributed by atoms with Gasteiger partial charge in [0.1, 0.15) is 5.78 Å². The second-order valence-electron chi connectivity index (χ2n) is 3.27. The minimum atomic E-state index is 0.329. The molecule has 1 rings (SSSR count). The first-order valence-electron chi connectivity index (χ1n) is 4.40. The van der Waals surface area contributed by atoms with Crippen LogP contribution in [0.1, 0.15) is 39.0 Å². The summed E-state index contributed by atoms with van der Waals surface area (Å²) in [5.41, 5.74) is 0. The molecule has 0 heterocycles. The van der Waals surface area contributed by atoms with Gasteiger partial charge in [0.05, 0.1) is 0 Å². The van der Waals surface area contributed by atoms with Crippen molar-refractivity contribution in [2.24, 2.45) is 5.92 Å². The van der Waals surface area contributed by atoms with E-state index in [0.717, 1.165) is 25.7 Å². The molecule has 0 saturated heterocycles. The zero-order valence-corrected chi connectivity index (χ0v) is 7.73. The Balaban J connectivity index is 2.33. The predicted molar refractivity (Wildman–Crippen MR) is 46.9 cm³/mol. The molecule has 0 atom stereocenters. The van der Waals surface area contributed by atoms with Gasteiger partial charge in [0.2, 0.25) is 0 Å². The number of hydrogen-bond acceptors (Lipinski definition) is 1. The molecular weight excluding hydrogens is 160 g/mol. The lowest BCUT2D eigenvalue weighted by Crippen LogP contribution is -2.21. The van der Waals surface area contributed by atoms with E-state index in [-0.39, 0.29) is 0 Å². The van der Waals surface area contributed by atoms with Crippen molar-refractivity contribution in [1.29, 1.82) is 0 Å². The molecule has 0 aromatic rings. The number of halogens is 1. The fraction of sp³-hybridized carbons (Fsp3) is 0.889. The standard InChI is InChI=1S/C9H15ClO/c1-2-9(11)7-3-5-8(10)6-4-7/h7-8H,2-6H2,1H3. The topological polar surface area (TPSA) is 17.1 Å². The Hall–Kier alpha value is -0.0400. The minimum Gasteiger partial charge on any atom is -0.299 e. The highest BCUT2D eigenvalue weighted by Gasteiger charge is 2.23. The highest BCUT2D eigenvalue weighted by atomic mass is 35.5. The van der Waals surface area contributed by atoms with E-state index >= 15 is 0 Å². The van der Waals surface area contributed by atoms with Crippen LogP contribution in [0.5, 0.6) is 0 Å². The van der Waals surface area contributed by atoms with Crippen LogP contribution < -0.4 is 0 Å². The lowest BCUT2D eigenvalue weighted by Gasteiger charge is -2.23. The summed E-state index contributed by atoms with van der Waals surface area (Å²) < 4.78 is 0. The zero-order chi connectivity index (χ0) is 8.27. The Morgan fingerprint density at radius 2 is 1.91 bits per heavy atom. The van der Waals surface area contributed by atoms with Crippen LogP contribution in [0, 0.1) is 5.92 Å². The number of Topliss-reactive ketones (excluding diaryl/α,β-unsaturated/α-hetero) is 1. The fourth-order valence-corrected chi connectivity index (χ4v) is 1.92. The molecule has 0 amide bonds. The summed E-state index contributed by atoms with van der Waals surface area (Å²) in [6.07, 6.45) is 4.77. The monoisotopic (exact) mass is 174 g/mol. The van der Waals surface area contributed by atoms with E-state index in [4.69, 9.17) is 11.6 Å². The van der Waals surface area contributed by atoms with Crippen LogP contribution in [-0.4, -0.2) is 11.2 Å². The van der Waals surface area contributed by atoms with Crippen molar-refractivity contribution in [1.82, 2.24) is 0 Å². The third-order valence-corrected chi connectivity index (χ3v) is 2.90. The Morgan fingerprint density at radius 3 is 2.36 bits per heavy atom. The Morgan fingerprint density at radius 1 is 1.36 bits per heavy atom.